The van der Waals surface area contributed by atoms with Gasteiger partial charge in [0.25, 0.3) is 5.56 Å². The lowest BCUT2D eigenvalue weighted by molar-refractivity contribution is 0.883. The summed E-state index contributed by atoms with van der Waals surface area (Å²) in [6.45, 7) is 6.27. The second-order valence-electron chi connectivity index (χ2n) is 9.16. The summed E-state index contributed by atoms with van der Waals surface area (Å²) >= 11 is 13.6. The van der Waals surface area contributed by atoms with Crippen LogP contribution in [0.25, 0.3) is 39.4 Å². The van der Waals surface area contributed by atoms with E-state index in [0.717, 1.165) is 33.6 Å². The van der Waals surface area contributed by atoms with Crippen LogP contribution in [0.15, 0.2) is 71.7 Å². The molecule has 0 amide bonds. The highest BCUT2D eigenvalue weighted by atomic mass is 35.5. The summed E-state index contributed by atoms with van der Waals surface area (Å²) in [4.78, 5) is 18.4. The second kappa shape index (κ2) is 9.51. The summed E-state index contributed by atoms with van der Waals surface area (Å²) in [7, 11) is 0. The maximum absolute atomic E-state index is 13.4. The standard InChI is InChI=1S/C29H21Cl2N5OS/c1-16-11-17(2)25(18(3)12-16)26-19(15-35(33-26)21-7-5-4-6-8-21)13-24-28(37)36-29(38-24)32-27(34-36)22-10-9-20(30)14-23(22)31/h4-15H,1-3H3/b24-13-. The fourth-order valence-electron chi connectivity index (χ4n) is 4.71. The average Bonchev–Trinajstić information content (AvgIpc) is 3.55. The topological polar surface area (TPSA) is 65.1 Å². The highest BCUT2D eigenvalue weighted by Gasteiger charge is 2.18. The van der Waals surface area contributed by atoms with Gasteiger partial charge in [-0.1, -0.05) is 70.4 Å². The van der Waals surface area contributed by atoms with Crippen LogP contribution in [0, 0.1) is 20.8 Å². The van der Waals surface area contributed by atoms with Crippen LogP contribution in [0.2, 0.25) is 10.0 Å². The molecular formula is C29H21Cl2N5OS. The van der Waals surface area contributed by atoms with E-state index in [4.69, 9.17) is 28.3 Å². The highest BCUT2D eigenvalue weighted by molar-refractivity contribution is 7.15. The summed E-state index contributed by atoms with van der Waals surface area (Å²) in [5, 5.41) is 10.4. The fraction of sp³-hybridized carbons (Fsp3) is 0.103. The van der Waals surface area contributed by atoms with Gasteiger partial charge >= 0.3 is 0 Å². The molecule has 0 saturated heterocycles. The molecule has 0 atom stereocenters. The molecule has 6 rings (SSSR count). The number of para-hydroxylation sites is 1. The van der Waals surface area contributed by atoms with Gasteiger partial charge in [-0.25, -0.2) is 4.68 Å². The highest BCUT2D eigenvalue weighted by Crippen LogP contribution is 2.32. The van der Waals surface area contributed by atoms with Crippen molar-refractivity contribution >= 4 is 45.6 Å². The number of rotatable bonds is 4. The maximum atomic E-state index is 13.4. The number of nitrogens with zero attached hydrogens (tertiary/aromatic N) is 5. The van der Waals surface area contributed by atoms with Gasteiger partial charge in [0.15, 0.2) is 5.82 Å². The molecule has 6 aromatic rings. The number of aromatic nitrogens is 5. The first-order valence-electron chi connectivity index (χ1n) is 11.9. The third-order valence-corrected chi connectivity index (χ3v) is 7.82. The Hall–Kier alpha value is -3.78. The molecule has 0 radical (unpaired) electrons. The Balaban J connectivity index is 1.52. The molecule has 0 saturated carbocycles. The Kier molecular flexibility index (Phi) is 6.14. The summed E-state index contributed by atoms with van der Waals surface area (Å²) < 4.78 is 3.69. The van der Waals surface area contributed by atoms with Gasteiger partial charge in [-0.15, -0.1) is 5.10 Å². The number of halogens is 2. The summed E-state index contributed by atoms with van der Waals surface area (Å²) in [5.41, 5.74) is 7.48. The first kappa shape index (κ1) is 24.6. The van der Waals surface area contributed by atoms with Crippen LogP contribution >= 0.6 is 34.5 Å². The van der Waals surface area contributed by atoms with Gasteiger partial charge in [-0.3, -0.25) is 4.79 Å². The Morgan fingerprint density at radius 2 is 1.66 bits per heavy atom. The van der Waals surface area contributed by atoms with Gasteiger partial charge in [0.05, 0.1) is 15.2 Å². The van der Waals surface area contributed by atoms with Crippen molar-refractivity contribution in [2.45, 2.75) is 20.8 Å². The molecule has 0 fully saturated rings. The fourth-order valence-corrected chi connectivity index (χ4v) is 6.11. The Bertz CT molecular complexity index is 1930. The van der Waals surface area contributed by atoms with Crippen LogP contribution < -0.4 is 10.1 Å². The lowest BCUT2D eigenvalue weighted by Gasteiger charge is -2.10. The van der Waals surface area contributed by atoms with Crippen LogP contribution in [-0.4, -0.2) is 24.4 Å². The minimum Gasteiger partial charge on any atom is -0.266 e. The van der Waals surface area contributed by atoms with Crippen molar-refractivity contribution < 1.29 is 0 Å². The Labute approximate surface area is 232 Å². The van der Waals surface area contributed by atoms with Crippen molar-refractivity contribution in [1.82, 2.24) is 24.4 Å². The van der Waals surface area contributed by atoms with Crippen molar-refractivity contribution in [3.8, 4) is 28.3 Å². The molecule has 3 aromatic carbocycles. The predicted octanol–water partition coefficient (Wildman–Crippen LogP) is 6.45. The van der Waals surface area contributed by atoms with E-state index in [1.165, 1.54) is 21.4 Å². The molecule has 0 N–H and O–H groups in total. The van der Waals surface area contributed by atoms with E-state index < -0.39 is 0 Å². The lowest BCUT2D eigenvalue weighted by atomic mass is 9.95. The molecule has 0 bridgehead atoms. The first-order valence-corrected chi connectivity index (χ1v) is 13.5. The summed E-state index contributed by atoms with van der Waals surface area (Å²) in [6.07, 6.45) is 3.83. The number of thiazole rings is 1. The molecule has 188 valence electrons. The Morgan fingerprint density at radius 3 is 2.34 bits per heavy atom. The monoisotopic (exact) mass is 557 g/mol. The predicted molar refractivity (Wildman–Crippen MR) is 155 cm³/mol. The summed E-state index contributed by atoms with van der Waals surface area (Å²) in [5.74, 6) is 0.380. The quantitative estimate of drug-likeness (QED) is 0.250. The molecule has 0 aliphatic carbocycles. The molecule has 0 aliphatic heterocycles. The summed E-state index contributed by atoms with van der Waals surface area (Å²) in [6, 6.07) is 19.3. The van der Waals surface area contributed by atoms with Gasteiger partial charge in [0, 0.05) is 27.9 Å². The van der Waals surface area contributed by atoms with Crippen LogP contribution in [0.1, 0.15) is 22.3 Å². The Morgan fingerprint density at radius 1 is 0.921 bits per heavy atom. The van der Waals surface area contributed by atoms with E-state index in [0.29, 0.717) is 30.9 Å². The van der Waals surface area contributed by atoms with E-state index in [1.54, 1.807) is 18.2 Å². The largest absolute Gasteiger partial charge is 0.291 e. The van der Waals surface area contributed by atoms with Gasteiger partial charge < -0.3 is 0 Å². The number of benzene rings is 3. The van der Waals surface area contributed by atoms with Gasteiger partial charge in [-0.2, -0.15) is 14.6 Å². The van der Waals surface area contributed by atoms with Crippen molar-refractivity contribution in [1.29, 1.82) is 0 Å². The van der Waals surface area contributed by atoms with E-state index in [-0.39, 0.29) is 5.56 Å². The van der Waals surface area contributed by atoms with Crippen LogP contribution in [0.5, 0.6) is 0 Å². The van der Waals surface area contributed by atoms with Crippen LogP contribution in [-0.2, 0) is 0 Å². The van der Waals surface area contributed by atoms with Crippen molar-refractivity contribution in [3.63, 3.8) is 0 Å². The SMILES string of the molecule is Cc1cc(C)c(-c2nn(-c3ccccc3)cc2/C=c2\sc3nc(-c4ccc(Cl)cc4Cl)nn3c2=O)c(C)c1. The third kappa shape index (κ3) is 4.32. The number of fused-ring (bicyclic) bond motifs is 1. The van der Waals surface area contributed by atoms with Crippen LogP contribution in [0.4, 0.5) is 0 Å². The zero-order valence-electron chi connectivity index (χ0n) is 20.7. The van der Waals surface area contributed by atoms with Crippen LogP contribution in [0.3, 0.4) is 0 Å². The lowest BCUT2D eigenvalue weighted by Crippen LogP contribution is -2.23. The molecule has 0 spiro atoms. The average molecular weight is 558 g/mol. The van der Waals surface area contributed by atoms with E-state index in [1.807, 2.05) is 47.3 Å². The van der Waals surface area contributed by atoms with Gasteiger partial charge in [0.2, 0.25) is 4.96 Å². The van der Waals surface area contributed by atoms with E-state index in [2.05, 4.69) is 43.0 Å². The molecule has 0 unspecified atom stereocenters. The first-order chi connectivity index (χ1) is 18.3. The molecule has 9 heteroatoms. The number of hydrogen-bond donors (Lipinski definition) is 0. The normalized spacial score (nSPS) is 12.1. The van der Waals surface area contributed by atoms with Crippen molar-refractivity contribution in [2.24, 2.45) is 0 Å². The molecule has 0 aliphatic rings. The van der Waals surface area contributed by atoms with Gasteiger partial charge in [-0.05, 0) is 68.3 Å². The third-order valence-electron chi connectivity index (χ3n) is 6.32. The van der Waals surface area contributed by atoms with Gasteiger partial charge in [0.1, 0.15) is 5.69 Å². The molecule has 38 heavy (non-hydrogen) atoms. The zero-order chi connectivity index (χ0) is 26.6. The van der Waals surface area contributed by atoms with Crippen molar-refractivity contribution in [3.05, 3.63) is 114 Å². The molecular weight excluding hydrogens is 537 g/mol. The zero-order valence-corrected chi connectivity index (χ0v) is 23.1. The number of aryl methyl sites for hydroxylation is 3. The van der Waals surface area contributed by atoms with E-state index >= 15 is 0 Å². The van der Waals surface area contributed by atoms with Crippen molar-refractivity contribution in [2.75, 3.05) is 0 Å². The number of hydrogen-bond acceptors (Lipinski definition) is 5. The molecule has 6 nitrogen and oxygen atoms in total. The molecule has 3 heterocycles. The smallest absolute Gasteiger partial charge is 0.266 e. The molecule has 3 aromatic heterocycles. The maximum Gasteiger partial charge on any atom is 0.291 e. The minimum absolute atomic E-state index is 0.246. The second-order valence-corrected chi connectivity index (χ2v) is 11.0. The minimum atomic E-state index is -0.246. The van der Waals surface area contributed by atoms with E-state index in [9.17, 15) is 4.79 Å².